The Morgan fingerprint density at radius 2 is 1.48 bits per heavy atom. The minimum Gasteiger partial charge on any atom is -0.446 e. The molecule has 3 aromatic rings. The number of rotatable bonds is 6. The molecule has 1 fully saturated rings. The van der Waals surface area contributed by atoms with Crippen molar-refractivity contribution >= 4 is 17.7 Å². The molecule has 31 heavy (non-hydrogen) atoms. The summed E-state index contributed by atoms with van der Waals surface area (Å²) in [5.41, 5.74) is 3.28. The Morgan fingerprint density at radius 3 is 2.13 bits per heavy atom. The molecule has 1 N–H and O–H groups in total. The van der Waals surface area contributed by atoms with Gasteiger partial charge in [0.2, 0.25) is 0 Å². The summed E-state index contributed by atoms with van der Waals surface area (Å²) in [6.45, 7) is 2.78. The first-order valence-electron chi connectivity index (χ1n) is 10.7. The van der Waals surface area contributed by atoms with E-state index in [2.05, 4.69) is 34.5 Å². The van der Waals surface area contributed by atoms with E-state index in [9.17, 15) is 4.79 Å². The number of alkyl carbamates (subject to hydrolysis) is 1. The molecule has 1 atom stereocenters. The minimum atomic E-state index is -0.384. The van der Waals surface area contributed by atoms with Crippen molar-refractivity contribution in [1.29, 1.82) is 0 Å². The maximum Gasteiger partial charge on any atom is 0.408 e. The van der Waals surface area contributed by atoms with E-state index in [1.165, 1.54) is 5.56 Å². The molecule has 0 aliphatic carbocycles. The van der Waals surface area contributed by atoms with Crippen LogP contribution >= 0.6 is 11.6 Å². The van der Waals surface area contributed by atoms with Gasteiger partial charge in [-0.25, -0.2) is 4.79 Å². The zero-order chi connectivity index (χ0) is 21.5. The number of nitrogens with one attached hydrogen (secondary N) is 1. The standard InChI is InChI=1S/C26H27ClN2O2/c27-23-13-11-22(12-14-23)25(21-9-5-2-6-10-21)28-26(30)31-24-15-17-29(18-16-24)19-20-7-3-1-4-8-20/h1-14,24-25H,15-19H2,(H,28,30). The van der Waals surface area contributed by atoms with E-state index >= 15 is 0 Å². The maximum atomic E-state index is 12.7. The average Bonchev–Trinajstić information content (AvgIpc) is 2.81. The molecular formula is C26H27ClN2O2. The van der Waals surface area contributed by atoms with Crippen molar-refractivity contribution in [2.45, 2.75) is 31.5 Å². The first-order chi connectivity index (χ1) is 15.2. The van der Waals surface area contributed by atoms with Gasteiger partial charge in [0.15, 0.2) is 0 Å². The summed E-state index contributed by atoms with van der Waals surface area (Å²) in [5, 5.41) is 3.72. The van der Waals surface area contributed by atoms with Gasteiger partial charge in [-0.1, -0.05) is 84.4 Å². The molecule has 1 saturated heterocycles. The summed E-state index contributed by atoms with van der Waals surface area (Å²) in [5.74, 6) is 0. The van der Waals surface area contributed by atoms with Crippen molar-refractivity contribution in [2.75, 3.05) is 13.1 Å². The van der Waals surface area contributed by atoms with Crippen molar-refractivity contribution < 1.29 is 9.53 Å². The first-order valence-corrected chi connectivity index (χ1v) is 11.1. The number of piperidine rings is 1. The zero-order valence-electron chi connectivity index (χ0n) is 17.4. The lowest BCUT2D eigenvalue weighted by atomic mass is 9.99. The van der Waals surface area contributed by atoms with Gasteiger partial charge in [0.25, 0.3) is 0 Å². The van der Waals surface area contributed by atoms with Crippen molar-refractivity contribution in [3.63, 3.8) is 0 Å². The molecule has 0 bridgehead atoms. The SMILES string of the molecule is O=C(NC(c1ccccc1)c1ccc(Cl)cc1)OC1CCN(Cc2ccccc2)CC1. The third kappa shape index (κ3) is 6.09. The summed E-state index contributed by atoms with van der Waals surface area (Å²) in [6.07, 6.45) is 1.24. The summed E-state index contributed by atoms with van der Waals surface area (Å²) >= 11 is 6.04. The number of carbonyl (C=O) groups is 1. The van der Waals surface area contributed by atoms with E-state index in [0.29, 0.717) is 5.02 Å². The number of hydrogen-bond acceptors (Lipinski definition) is 3. The highest BCUT2D eigenvalue weighted by Gasteiger charge is 2.24. The van der Waals surface area contributed by atoms with Gasteiger partial charge in [-0.15, -0.1) is 0 Å². The fourth-order valence-corrected chi connectivity index (χ4v) is 4.12. The predicted molar refractivity (Wildman–Crippen MR) is 124 cm³/mol. The highest BCUT2D eigenvalue weighted by Crippen LogP contribution is 2.24. The first kappa shape index (κ1) is 21.4. The summed E-state index contributed by atoms with van der Waals surface area (Å²) in [7, 11) is 0. The second-order valence-corrected chi connectivity index (χ2v) is 8.34. The summed E-state index contributed by atoms with van der Waals surface area (Å²) in [4.78, 5) is 15.1. The molecule has 4 nitrogen and oxygen atoms in total. The summed E-state index contributed by atoms with van der Waals surface area (Å²) in [6, 6.07) is 27.6. The maximum absolute atomic E-state index is 12.7. The number of likely N-dealkylation sites (tertiary alicyclic amines) is 1. The highest BCUT2D eigenvalue weighted by molar-refractivity contribution is 6.30. The minimum absolute atomic E-state index is 0.0614. The van der Waals surface area contributed by atoms with Crippen molar-refractivity contribution in [1.82, 2.24) is 10.2 Å². The smallest absolute Gasteiger partial charge is 0.408 e. The van der Waals surface area contributed by atoms with Gasteiger partial charge < -0.3 is 10.1 Å². The molecule has 0 radical (unpaired) electrons. The van der Waals surface area contributed by atoms with Crippen LogP contribution in [0.5, 0.6) is 0 Å². The van der Waals surface area contributed by atoms with Gasteiger partial charge in [0.05, 0.1) is 6.04 Å². The molecule has 0 saturated carbocycles. The second-order valence-electron chi connectivity index (χ2n) is 7.91. The molecule has 1 heterocycles. The Hall–Kier alpha value is -2.82. The van der Waals surface area contributed by atoms with Gasteiger partial charge in [-0.2, -0.15) is 0 Å². The van der Waals surface area contributed by atoms with Crippen LogP contribution in [-0.2, 0) is 11.3 Å². The quantitative estimate of drug-likeness (QED) is 0.531. The van der Waals surface area contributed by atoms with Gasteiger partial charge in [0.1, 0.15) is 6.10 Å². The molecule has 0 aromatic heterocycles. The van der Waals surface area contributed by atoms with Crippen molar-refractivity contribution in [3.8, 4) is 0 Å². The van der Waals surface area contributed by atoms with E-state index in [1.807, 2.05) is 60.7 Å². The number of halogens is 1. The third-order valence-corrected chi connectivity index (χ3v) is 5.91. The molecular weight excluding hydrogens is 408 g/mol. The average molecular weight is 435 g/mol. The fourth-order valence-electron chi connectivity index (χ4n) is 3.99. The van der Waals surface area contributed by atoms with Gasteiger partial charge >= 0.3 is 6.09 Å². The molecule has 0 spiro atoms. The van der Waals surface area contributed by atoms with Crippen molar-refractivity contribution in [2.24, 2.45) is 0 Å². The van der Waals surface area contributed by atoms with Crippen molar-refractivity contribution in [3.05, 3.63) is 107 Å². The number of amides is 1. The molecule has 1 amide bonds. The third-order valence-electron chi connectivity index (χ3n) is 5.66. The monoisotopic (exact) mass is 434 g/mol. The molecule has 1 aliphatic rings. The molecule has 3 aromatic carbocycles. The Bertz CT molecular complexity index is 956. The van der Waals surface area contributed by atoms with E-state index in [1.54, 1.807) is 0 Å². The van der Waals surface area contributed by atoms with E-state index < -0.39 is 0 Å². The highest BCUT2D eigenvalue weighted by atomic mass is 35.5. The number of ether oxygens (including phenoxy) is 1. The molecule has 4 rings (SSSR count). The van der Waals surface area contributed by atoms with Crippen LogP contribution in [-0.4, -0.2) is 30.2 Å². The number of carbonyl (C=O) groups excluding carboxylic acids is 1. The Morgan fingerprint density at radius 1 is 0.903 bits per heavy atom. The van der Waals surface area contributed by atoms with Crippen LogP contribution in [0.2, 0.25) is 5.02 Å². The van der Waals surface area contributed by atoms with Gasteiger partial charge in [0, 0.05) is 24.7 Å². The van der Waals surface area contributed by atoms with Crippen LogP contribution in [0.25, 0.3) is 0 Å². The largest absolute Gasteiger partial charge is 0.446 e. The number of hydrogen-bond donors (Lipinski definition) is 1. The van der Waals surface area contributed by atoms with E-state index in [-0.39, 0.29) is 18.2 Å². The lowest BCUT2D eigenvalue weighted by molar-refractivity contribution is 0.0476. The molecule has 160 valence electrons. The van der Waals surface area contributed by atoms with Crippen LogP contribution in [0.1, 0.15) is 35.6 Å². The Kier molecular flexibility index (Phi) is 7.23. The van der Waals surface area contributed by atoms with Crippen LogP contribution < -0.4 is 5.32 Å². The normalized spacial score (nSPS) is 15.9. The Labute approximate surface area is 188 Å². The van der Waals surface area contributed by atoms with Gasteiger partial charge in [-0.3, -0.25) is 4.90 Å². The van der Waals surface area contributed by atoms with Crippen LogP contribution in [0, 0.1) is 0 Å². The number of benzene rings is 3. The lowest BCUT2D eigenvalue weighted by Crippen LogP contribution is -2.40. The Balaban J connectivity index is 1.33. The van der Waals surface area contributed by atoms with Crippen LogP contribution in [0.3, 0.4) is 0 Å². The molecule has 1 unspecified atom stereocenters. The zero-order valence-corrected chi connectivity index (χ0v) is 18.2. The summed E-state index contributed by atoms with van der Waals surface area (Å²) < 4.78 is 5.78. The lowest BCUT2D eigenvalue weighted by Gasteiger charge is -2.32. The van der Waals surface area contributed by atoms with E-state index in [0.717, 1.165) is 43.6 Å². The predicted octanol–water partition coefficient (Wildman–Crippen LogP) is 5.82. The molecule has 1 aliphatic heterocycles. The second kappa shape index (κ2) is 10.5. The van der Waals surface area contributed by atoms with Gasteiger partial charge in [-0.05, 0) is 41.7 Å². The topological polar surface area (TPSA) is 41.6 Å². The fraction of sp³-hybridized carbons (Fsp3) is 0.269. The van der Waals surface area contributed by atoms with Crippen LogP contribution in [0.15, 0.2) is 84.9 Å². The number of nitrogens with zero attached hydrogens (tertiary/aromatic N) is 1. The van der Waals surface area contributed by atoms with E-state index in [4.69, 9.17) is 16.3 Å². The van der Waals surface area contributed by atoms with Crippen LogP contribution in [0.4, 0.5) is 4.79 Å². The molecule has 5 heteroatoms.